The summed E-state index contributed by atoms with van der Waals surface area (Å²) in [6, 6.07) is 4.04. The van der Waals surface area contributed by atoms with Crippen LogP contribution >= 0.6 is 11.6 Å². The number of rotatable bonds is 5. The maximum atomic E-state index is 12.9. The van der Waals surface area contributed by atoms with Crippen LogP contribution < -0.4 is 10.1 Å². The minimum atomic E-state index is -0.496. The van der Waals surface area contributed by atoms with Crippen molar-refractivity contribution in [3.63, 3.8) is 0 Å². The normalized spacial score (nSPS) is 10.6. The lowest BCUT2D eigenvalue weighted by atomic mass is 10.3. The molecule has 6 heteroatoms. The average Bonchev–Trinajstić information content (AvgIpc) is 2.79. The summed E-state index contributed by atoms with van der Waals surface area (Å²) in [7, 11) is 0. The number of aromatic nitrogens is 1. The predicted octanol–water partition coefficient (Wildman–Crippen LogP) is 3.37. The van der Waals surface area contributed by atoms with Crippen LogP contribution in [0.2, 0.25) is 5.02 Å². The molecule has 0 aliphatic carbocycles. The van der Waals surface area contributed by atoms with E-state index in [1.807, 2.05) is 6.92 Å². The van der Waals surface area contributed by atoms with Crippen molar-refractivity contribution in [1.82, 2.24) is 10.3 Å². The highest BCUT2D eigenvalue weighted by Crippen LogP contribution is 2.25. The van der Waals surface area contributed by atoms with Gasteiger partial charge in [-0.25, -0.2) is 4.39 Å². The molecular formula is C12H12ClFN2O2. The molecule has 1 heterocycles. The van der Waals surface area contributed by atoms with Crippen LogP contribution in [0.3, 0.4) is 0 Å². The average molecular weight is 271 g/mol. The van der Waals surface area contributed by atoms with Crippen molar-refractivity contribution >= 4 is 11.6 Å². The number of nitrogens with one attached hydrogen (secondary N) is 1. The van der Waals surface area contributed by atoms with E-state index in [0.717, 1.165) is 12.2 Å². The van der Waals surface area contributed by atoms with E-state index in [0.29, 0.717) is 12.3 Å². The Bertz CT molecular complexity index is 531. The van der Waals surface area contributed by atoms with Crippen LogP contribution in [0.15, 0.2) is 28.9 Å². The van der Waals surface area contributed by atoms with Gasteiger partial charge in [0.15, 0.2) is 0 Å². The summed E-state index contributed by atoms with van der Waals surface area (Å²) >= 11 is 5.64. The Hall–Kier alpha value is -1.59. The van der Waals surface area contributed by atoms with Crippen molar-refractivity contribution in [3.05, 3.63) is 41.0 Å². The molecule has 1 N–H and O–H groups in total. The first-order valence-corrected chi connectivity index (χ1v) is 5.85. The lowest BCUT2D eigenvalue weighted by Gasteiger charge is -2.01. The molecule has 0 radical (unpaired) electrons. The molecule has 0 amide bonds. The molecule has 0 spiro atoms. The topological polar surface area (TPSA) is 47.3 Å². The second kappa shape index (κ2) is 5.84. The second-order valence-corrected chi connectivity index (χ2v) is 3.97. The third-order valence-electron chi connectivity index (χ3n) is 2.18. The van der Waals surface area contributed by atoms with Gasteiger partial charge in [0.1, 0.15) is 17.8 Å². The van der Waals surface area contributed by atoms with E-state index < -0.39 is 5.82 Å². The molecule has 4 nitrogen and oxygen atoms in total. The zero-order valence-corrected chi connectivity index (χ0v) is 10.5. The smallest absolute Gasteiger partial charge is 0.399 e. The van der Waals surface area contributed by atoms with Crippen LogP contribution in [-0.4, -0.2) is 11.5 Å². The number of nitrogens with zero attached hydrogens (tertiary/aromatic N) is 1. The summed E-state index contributed by atoms with van der Waals surface area (Å²) in [5.41, 5.74) is 0.736. The van der Waals surface area contributed by atoms with Gasteiger partial charge in [-0.1, -0.05) is 18.5 Å². The third kappa shape index (κ3) is 3.21. The first kappa shape index (κ1) is 12.9. The number of benzene rings is 1. The quantitative estimate of drug-likeness (QED) is 0.905. The van der Waals surface area contributed by atoms with Gasteiger partial charge in [0.25, 0.3) is 0 Å². The van der Waals surface area contributed by atoms with Gasteiger partial charge in [0.2, 0.25) is 0 Å². The summed E-state index contributed by atoms with van der Waals surface area (Å²) in [6.07, 6.45) is 1.61. The number of halogens is 2. The van der Waals surface area contributed by atoms with Crippen LogP contribution in [0.4, 0.5) is 4.39 Å². The maximum absolute atomic E-state index is 12.9. The summed E-state index contributed by atoms with van der Waals surface area (Å²) in [5, 5.41) is 3.10. The molecule has 0 saturated heterocycles. The lowest BCUT2D eigenvalue weighted by molar-refractivity contribution is 0.330. The standard InChI is InChI=1S/C12H12ClFN2O2/c1-2-15-6-8-7-17-12(16-8)18-9-3-4-11(14)10(13)5-9/h3-5,7,15H,2,6H2,1H3. The van der Waals surface area contributed by atoms with Crippen LogP contribution in [0.1, 0.15) is 12.6 Å². The van der Waals surface area contributed by atoms with Crippen LogP contribution in [-0.2, 0) is 6.54 Å². The molecule has 96 valence electrons. The van der Waals surface area contributed by atoms with Crippen molar-refractivity contribution in [2.45, 2.75) is 13.5 Å². The van der Waals surface area contributed by atoms with Gasteiger partial charge >= 0.3 is 6.08 Å². The summed E-state index contributed by atoms with van der Waals surface area (Å²) in [4.78, 5) is 4.11. The molecular weight excluding hydrogens is 259 g/mol. The highest BCUT2D eigenvalue weighted by molar-refractivity contribution is 6.30. The van der Waals surface area contributed by atoms with Crippen molar-refractivity contribution in [1.29, 1.82) is 0 Å². The van der Waals surface area contributed by atoms with E-state index >= 15 is 0 Å². The Morgan fingerprint density at radius 3 is 3.06 bits per heavy atom. The predicted molar refractivity (Wildman–Crippen MR) is 65.4 cm³/mol. The molecule has 2 aromatic rings. The van der Waals surface area contributed by atoms with Gasteiger partial charge in [-0.3, -0.25) is 0 Å². The van der Waals surface area contributed by atoms with E-state index in [2.05, 4.69) is 10.3 Å². The number of oxazole rings is 1. The zero-order chi connectivity index (χ0) is 13.0. The molecule has 18 heavy (non-hydrogen) atoms. The highest BCUT2D eigenvalue weighted by atomic mass is 35.5. The summed E-state index contributed by atoms with van der Waals surface area (Å²) in [5.74, 6) is -0.123. The Morgan fingerprint density at radius 2 is 2.33 bits per heavy atom. The second-order valence-electron chi connectivity index (χ2n) is 3.56. The Balaban J connectivity index is 2.04. The van der Waals surface area contributed by atoms with Crippen molar-refractivity contribution in [2.75, 3.05) is 6.54 Å². The lowest BCUT2D eigenvalue weighted by Crippen LogP contribution is -2.11. The molecule has 0 unspecified atom stereocenters. The monoisotopic (exact) mass is 270 g/mol. The Kier molecular flexibility index (Phi) is 4.17. The van der Waals surface area contributed by atoms with E-state index in [9.17, 15) is 4.39 Å². The van der Waals surface area contributed by atoms with Gasteiger partial charge < -0.3 is 14.5 Å². The number of hydrogen-bond acceptors (Lipinski definition) is 4. The van der Waals surface area contributed by atoms with Gasteiger partial charge in [0.05, 0.1) is 10.7 Å². The first-order valence-electron chi connectivity index (χ1n) is 5.47. The summed E-state index contributed by atoms with van der Waals surface area (Å²) in [6.45, 7) is 3.45. The molecule has 0 aliphatic rings. The first-order chi connectivity index (χ1) is 8.69. The maximum Gasteiger partial charge on any atom is 0.399 e. The minimum absolute atomic E-state index is 0.00747. The SMILES string of the molecule is CCNCc1coc(Oc2ccc(F)c(Cl)c2)n1. The fourth-order valence-electron chi connectivity index (χ4n) is 1.31. The van der Waals surface area contributed by atoms with Crippen LogP contribution in [0.25, 0.3) is 0 Å². The van der Waals surface area contributed by atoms with Gasteiger partial charge in [-0.05, 0) is 18.7 Å². The molecule has 1 aromatic carbocycles. The highest BCUT2D eigenvalue weighted by Gasteiger charge is 2.08. The van der Waals surface area contributed by atoms with Crippen molar-refractivity contribution < 1.29 is 13.5 Å². The third-order valence-corrected chi connectivity index (χ3v) is 2.47. The van der Waals surface area contributed by atoms with E-state index in [1.54, 1.807) is 0 Å². The van der Waals surface area contributed by atoms with Crippen molar-refractivity contribution in [3.8, 4) is 11.8 Å². The van der Waals surface area contributed by atoms with Gasteiger partial charge in [-0.2, -0.15) is 4.98 Å². The fraction of sp³-hybridized carbons (Fsp3) is 0.250. The zero-order valence-electron chi connectivity index (χ0n) is 9.74. The Labute approximate surface area is 109 Å². The van der Waals surface area contributed by atoms with E-state index in [-0.39, 0.29) is 11.1 Å². The van der Waals surface area contributed by atoms with E-state index in [4.69, 9.17) is 20.8 Å². The molecule has 0 bridgehead atoms. The van der Waals surface area contributed by atoms with Crippen molar-refractivity contribution in [2.24, 2.45) is 0 Å². The minimum Gasteiger partial charge on any atom is -0.417 e. The number of ether oxygens (including phenoxy) is 1. The molecule has 0 saturated carbocycles. The Morgan fingerprint density at radius 1 is 1.50 bits per heavy atom. The molecule has 1 aromatic heterocycles. The largest absolute Gasteiger partial charge is 0.417 e. The summed E-state index contributed by atoms with van der Waals surface area (Å²) < 4.78 is 23.4. The van der Waals surface area contributed by atoms with E-state index in [1.165, 1.54) is 24.5 Å². The van der Waals surface area contributed by atoms with Crippen LogP contribution in [0.5, 0.6) is 11.8 Å². The molecule has 0 atom stereocenters. The van der Waals surface area contributed by atoms with Crippen LogP contribution in [0, 0.1) is 5.82 Å². The van der Waals surface area contributed by atoms with Gasteiger partial charge in [-0.15, -0.1) is 0 Å². The molecule has 2 rings (SSSR count). The van der Waals surface area contributed by atoms with Gasteiger partial charge in [0, 0.05) is 12.6 Å². The molecule has 0 fully saturated rings. The number of hydrogen-bond donors (Lipinski definition) is 1. The molecule has 0 aliphatic heterocycles. The fourth-order valence-corrected chi connectivity index (χ4v) is 1.48.